The first-order valence-electron chi connectivity index (χ1n) is 9.36. The predicted octanol–water partition coefficient (Wildman–Crippen LogP) is 2.17. The highest BCUT2D eigenvalue weighted by atomic mass is 16.6. The number of anilines is 4. The topological polar surface area (TPSA) is 137 Å². The van der Waals surface area contributed by atoms with Crippen LogP contribution in [0.15, 0.2) is 42.5 Å². The van der Waals surface area contributed by atoms with Crippen molar-refractivity contribution in [3.63, 3.8) is 0 Å². The van der Waals surface area contributed by atoms with Gasteiger partial charge in [0, 0.05) is 18.7 Å². The van der Waals surface area contributed by atoms with Crippen molar-refractivity contribution < 1.29 is 19.6 Å². The van der Waals surface area contributed by atoms with Crippen LogP contribution in [0, 0.1) is 10.1 Å². The van der Waals surface area contributed by atoms with Gasteiger partial charge in [-0.1, -0.05) is 12.1 Å². The van der Waals surface area contributed by atoms with Crippen LogP contribution in [-0.2, 0) is 9.59 Å². The molecule has 0 saturated carbocycles. The number of amides is 2. The van der Waals surface area contributed by atoms with Crippen LogP contribution in [0.3, 0.4) is 0 Å². The molecular formula is C20H23N5O5. The molecule has 2 aromatic carbocycles. The maximum absolute atomic E-state index is 13.1. The Bertz CT molecular complexity index is 991. The molecule has 0 spiro atoms. The molecule has 158 valence electrons. The number of nitro benzene ring substituents is 1. The average molecular weight is 413 g/mol. The second-order valence-corrected chi connectivity index (χ2v) is 7.25. The zero-order valence-electron chi connectivity index (χ0n) is 16.6. The fourth-order valence-corrected chi connectivity index (χ4v) is 3.29. The normalized spacial score (nSPS) is 14.5. The SMILES string of the molecule is CC1(C)C(=O)Nc2ccccc2N1C(=O)CNc1cc([N+](=O)[O-])ccc1NCCO. The molecule has 0 saturated heterocycles. The highest BCUT2D eigenvalue weighted by molar-refractivity contribution is 6.14. The fourth-order valence-electron chi connectivity index (χ4n) is 3.29. The summed E-state index contributed by atoms with van der Waals surface area (Å²) in [6.07, 6.45) is 0. The fraction of sp³-hybridized carbons (Fsp3) is 0.300. The van der Waals surface area contributed by atoms with Crippen molar-refractivity contribution in [3.8, 4) is 0 Å². The summed E-state index contributed by atoms with van der Waals surface area (Å²) < 4.78 is 0. The van der Waals surface area contributed by atoms with Crippen molar-refractivity contribution in [1.82, 2.24) is 0 Å². The summed E-state index contributed by atoms with van der Waals surface area (Å²) in [6.45, 7) is 3.23. The molecule has 1 heterocycles. The summed E-state index contributed by atoms with van der Waals surface area (Å²) in [7, 11) is 0. The summed E-state index contributed by atoms with van der Waals surface area (Å²) in [4.78, 5) is 37.7. The number of benzene rings is 2. The van der Waals surface area contributed by atoms with Gasteiger partial charge >= 0.3 is 0 Å². The van der Waals surface area contributed by atoms with Crippen molar-refractivity contribution in [1.29, 1.82) is 0 Å². The lowest BCUT2D eigenvalue weighted by atomic mass is 9.96. The number of aliphatic hydroxyl groups excluding tert-OH is 1. The van der Waals surface area contributed by atoms with Gasteiger partial charge in [0.25, 0.3) is 5.69 Å². The average Bonchev–Trinajstić information content (AvgIpc) is 2.71. The van der Waals surface area contributed by atoms with E-state index in [0.717, 1.165) is 0 Å². The summed E-state index contributed by atoms with van der Waals surface area (Å²) in [5.41, 5.74) is 0.718. The molecule has 4 N–H and O–H groups in total. The Morgan fingerprint density at radius 1 is 1.20 bits per heavy atom. The van der Waals surface area contributed by atoms with Crippen LogP contribution in [0.5, 0.6) is 0 Å². The van der Waals surface area contributed by atoms with Crippen LogP contribution >= 0.6 is 0 Å². The van der Waals surface area contributed by atoms with Gasteiger partial charge in [-0.25, -0.2) is 0 Å². The van der Waals surface area contributed by atoms with E-state index < -0.39 is 10.5 Å². The number of carbonyl (C=O) groups is 2. The molecule has 3 rings (SSSR count). The van der Waals surface area contributed by atoms with Crippen LogP contribution in [-0.4, -0.2) is 47.1 Å². The highest BCUT2D eigenvalue weighted by Crippen LogP contribution is 2.37. The number of carbonyl (C=O) groups excluding carboxylic acids is 2. The van der Waals surface area contributed by atoms with Gasteiger partial charge in [0.2, 0.25) is 11.8 Å². The molecule has 0 fully saturated rings. The Labute approximate surface area is 173 Å². The Hall–Kier alpha value is -3.66. The summed E-state index contributed by atoms with van der Waals surface area (Å²) in [5.74, 6) is -0.683. The van der Waals surface area contributed by atoms with Gasteiger partial charge in [0.15, 0.2) is 0 Å². The number of aliphatic hydroxyl groups is 1. The molecule has 10 heteroatoms. The number of fused-ring (bicyclic) bond motifs is 1. The highest BCUT2D eigenvalue weighted by Gasteiger charge is 2.43. The van der Waals surface area contributed by atoms with Crippen LogP contribution in [0.1, 0.15) is 13.8 Å². The number of hydrogen-bond donors (Lipinski definition) is 4. The van der Waals surface area contributed by atoms with Gasteiger partial charge < -0.3 is 21.1 Å². The summed E-state index contributed by atoms with van der Waals surface area (Å²) in [6, 6.07) is 11.2. The van der Waals surface area contributed by atoms with E-state index >= 15 is 0 Å². The van der Waals surface area contributed by atoms with E-state index in [1.165, 1.54) is 23.1 Å². The molecule has 1 aliphatic heterocycles. The van der Waals surface area contributed by atoms with Crippen molar-refractivity contribution in [2.24, 2.45) is 0 Å². The lowest BCUT2D eigenvalue weighted by Gasteiger charge is -2.42. The Balaban J connectivity index is 1.87. The zero-order valence-corrected chi connectivity index (χ0v) is 16.6. The van der Waals surface area contributed by atoms with Crippen molar-refractivity contribution >= 4 is 40.3 Å². The van der Waals surface area contributed by atoms with Gasteiger partial charge in [-0.15, -0.1) is 0 Å². The number of non-ortho nitro benzene ring substituents is 1. The molecule has 30 heavy (non-hydrogen) atoms. The second kappa shape index (κ2) is 8.37. The first-order chi connectivity index (χ1) is 14.3. The Morgan fingerprint density at radius 3 is 2.63 bits per heavy atom. The van der Waals surface area contributed by atoms with Crippen LogP contribution < -0.4 is 20.9 Å². The van der Waals surface area contributed by atoms with Gasteiger partial charge in [-0.3, -0.25) is 24.6 Å². The first-order valence-corrected chi connectivity index (χ1v) is 9.36. The van der Waals surface area contributed by atoms with E-state index in [0.29, 0.717) is 22.7 Å². The molecule has 1 aliphatic rings. The molecule has 2 amide bonds. The maximum Gasteiger partial charge on any atom is 0.271 e. The number of para-hydroxylation sites is 2. The zero-order chi connectivity index (χ0) is 21.9. The number of nitro groups is 1. The minimum Gasteiger partial charge on any atom is -0.395 e. The third-order valence-corrected chi connectivity index (χ3v) is 4.83. The minimum atomic E-state index is -1.12. The molecule has 0 aliphatic carbocycles. The third kappa shape index (κ3) is 4.03. The van der Waals surface area contributed by atoms with Crippen LogP contribution in [0.4, 0.5) is 28.4 Å². The van der Waals surface area contributed by atoms with E-state index in [1.807, 2.05) is 0 Å². The molecule has 10 nitrogen and oxygen atoms in total. The van der Waals surface area contributed by atoms with Crippen LogP contribution in [0.25, 0.3) is 0 Å². The molecule has 2 aromatic rings. The van der Waals surface area contributed by atoms with Crippen molar-refractivity contribution in [2.45, 2.75) is 19.4 Å². The molecular weight excluding hydrogens is 390 g/mol. The van der Waals surface area contributed by atoms with E-state index in [4.69, 9.17) is 5.11 Å². The Kier molecular flexibility index (Phi) is 5.88. The monoisotopic (exact) mass is 413 g/mol. The standard InChI is InChI=1S/C20H23N5O5/c1-20(2)19(28)23-15-5-3-4-6-17(15)24(20)18(27)12-22-16-11-13(25(29)30)7-8-14(16)21-9-10-26/h3-8,11,21-22,26H,9-10,12H2,1-2H3,(H,23,28). The molecule has 0 aromatic heterocycles. The summed E-state index contributed by atoms with van der Waals surface area (Å²) >= 11 is 0. The molecule has 0 atom stereocenters. The largest absolute Gasteiger partial charge is 0.395 e. The Morgan fingerprint density at radius 2 is 1.93 bits per heavy atom. The van der Waals surface area contributed by atoms with Gasteiger partial charge in [-0.2, -0.15) is 0 Å². The van der Waals surface area contributed by atoms with Crippen molar-refractivity contribution in [3.05, 3.63) is 52.6 Å². The van der Waals surface area contributed by atoms with Gasteiger partial charge in [0.05, 0.1) is 40.8 Å². The second-order valence-electron chi connectivity index (χ2n) is 7.25. The van der Waals surface area contributed by atoms with Gasteiger partial charge in [-0.05, 0) is 32.0 Å². The molecule has 0 unspecified atom stereocenters. The number of nitrogens with one attached hydrogen (secondary N) is 3. The van der Waals surface area contributed by atoms with Crippen molar-refractivity contribution in [2.75, 3.05) is 40.5 Å². The van der Waals surface area contributed by atoms with Crippen LogP contribution in [0.2, 0.25) is 0 Å². The van der Waals surface area contributed by atoms with E-state index in [-0.39, 0.29) is 37.2 Å². The van der Waals surface area contributed by atoms with E-state index in [9.17, 15) is 19.7 Å². The minimum absolute atomic E-state index is 0.122. The van der Waals surface area contributed by atoms with Gasteiger partial charge in [0.1, 0.15) is 5.54 Å². The molecule has 0 radical (unpaired) electrons. The predicted molar refractivity (Wildman–Crippen MR) is 114 cm³/mol. The lowest BCUT2D eigenvalue weighted by molar-refractivity contribution is -0.384. The maximum atomic E-state index is 13.1. The summed E-state index contributed by atoms with van der Waals surface area (Å²) in [5, 5.41) is 28.8. The third-order valence-electron chi connectivity index (χ3n) is 4.83. The smallest absolute Gasteiger partial charge is 0.271 e. The number of nitrogens with zero attached hydrogens (tertiary/aromatic N) is 2. The first kappa shape index (κ1) is 21.1. The van der Waals surface area contributed by atoms with E-state index in [2.05, 4.69) is 16.0 Å². The van der Waals surface area contributed by atoms with E-state index in [1.54, 1.807) is 38.1 Å². The quantitative estimate of drug-likeness (QED) is 0.403. The number of hydrogen-bond acceptors (Lipinski definition) is 7. The molecule has 0 bridgehead atoms. The lowest BCUT2D eigenvalue weighted by Crippen LogP contribution is -2.59. The number of rotatable bonds is 7.